The molecule has 0 aliphatic carbocycles. The van der Waals surface area contributed by atoms with Gasteiger partial charge in [-0.3, -0.25) is 4.79 Å². The maximum absolute atomic E-state index is 12.0. The van der Waals surface area contributed by atoms with Crippen LogP contribution in [0.3, 0.4) is 0 Å². The van der Waals surface area contributed by atoms with Crippen LogP contribution in [0.1, 0.15) is 66.2 Å². The molecule has 6 heteroatoms. The van der Waals surface area contributed by atoms with Crippen molar-refractivity contribution in [2.24, 2.45) is 5.92 Å². The van der Waals surface area contributed by atoms with Crippen LogP contribution in [0.4, 0.5) is 0 Å². The number of allylic oxidation sites excluding steroid dienone is 7. The van der Waals surface area contributed by atoms with E-state index in [0.717, 1.165) is 32.1 Å². The van der Waals surface area contributed by atoms with Crippen molar-refractivity contribution in [3.63, 3.8) is 0 Å². The molecule has 0 aromatic rings. The lowest BCUT2D eigenvalue weighted by molar-refractivity contribution is -0.241. The summed E-state index contributed by atoms with van der Waals surface area (Å²) >= 11 is 0. The number of carbonyl (C=O) groups is 1. The SMILES string of the molecule is CN[C@H]1[C@H](O)C[C@H](O[C@H]2C/C=C(\C)C/C(C)=C/C=C/CCCCNC(=O)/C=C/C=C/[C@@H]2C)O[C@@H]1C. The zero-order chi connectivity index (χ0) is 25.6. The zero-order valence-corrected chi connectivity index (χ0v) is 22.2. The molecule has 3 N–H and O–H groups in total. The Morgan fingerprint density at radius 3 is 2.69 bits per heavy atom. The van der Waals surface area contributed by atoms with Gasteiger partial charge in [-0.1, -0.05) is 60.6 Å². The highest BCUT2D eigenvalue weighted by atomic mass is 16.7. The summed E-state index contributed by atoms with van der Waals surface area (Å²) in [6, 6.07) is -0.104. The Kier molecular flexibility index (Phi) is 13.3. The fourth-order valence-corrected chi connectivity index (χ4v) is 4.52. The highest BCUT2D eigenvalue weighted by Crippen LogP contribution is 2.26. The van der Waals surface area contributed by atoms with Gasteiger partial charge in [-0.25, -0.2) is 0 Å². The van der Waals surface area contributed by atoms with E-state index >= 15 is 0 Å². The smallest absolute Gasteiger partial charge is 0.243 e. The zero-order valence-electron chi connectivity index (χ0n) is 22.2. The summed E-state index contributed by atoms with van der Waals surface area (Å²) < 4.78 is 12.5. The van der Waals surface area contributed by atoms with E-state index in [1.165, 1.54) is 11.1 Å². The van der Waals surface area contributed by atoms with Crippen LogP contribution in [-0.2, 0) is 14.3 Å². The fraction of sp³-hybridized carbons (Fsp3) is 0.621. The van der Waals surface area contributed by atoms with E-state index in [1.54, 1.807) is 12.2 Å². The highest BCUT2D eigenvalue weighted by molar-refractivity contribution is 5.87. The molecule has 0 spiro atoms. The van der Waals surface area contributed by atoms with E-state index in [2.05, 4.69) is 61.8 Å². The largest absolute Gasteiger partial charge is 0.391 e. The van der Waals surface area contributed by atoms with Crippen LogP contribution in [0.2, 0.25) is 0 Å². The number of aliphatic hydroxyl groups is 1. The van der Waals surface area contributed by atoms with Crippen molar-refractivity contribution in [1.29, 1.82) is 0 Å². The van der Waals surface area contributed by atoms with Gasteiger partial charge in [-0.15, -0.1) is 0 Å². The topological polar surface area (TPSA) is 79.8 Å². The summed E-state index contributed by atoms with van der Waals surface area (Å²) in [5, 5.41) is 16.6. The number of rotatable bonds is 3. The molecule has 0 bridgehead atoms. The van der Waals surface area contributed by atoms with Crippen LogP contribution in [0.15, 0.2) is 59.8 Å². The number of aliphatic hydroxyl groups excluding tert-OH is 1. The lowest BCUT2D eigenvalue weighted by Crippen LogP contribution is -2.54. The third kappa shape index (κ3) is 11.1. The Morgan fingerprint density at radius 1 is 1.14 bits per heavy atom. The third-order valence-electron chi connectivity index (χ3n) is 6.61. The first kappa shape index (κ1) is 29.2. The molecular weight excluding hydrogens is 440 g/mol. The van der Waals surface area contributed by atoms with E-state index in [0.29, 0.717) is 13.0 Å². The molecule has 0 saturated carbocycles. The normalized spacial score (nSPS) is 38.2. The molecule has 1 fully saturated rings. The Balaban J connectivity index is 2.16. The van der Waals surface area contributed by atoms with Crippen molar-refractivity contribution < 1.29 is 19.4 Å². The van der Waals surface area contributed by atoms with Crippen LogP contribution in [0.5, 0.6) is 0 Å². The van der Waals surface area contributed by atoms with Crippen LogP contribution in [0, 0.1) is 5.92 Å². The number of hydrogen-bond acceptors (Lipinski definition) is 5. The molecule has 0 unspecified atom stereocenters. The number of amides is 1. The van der Waals surface area contributed by atoms with E-state index in [1.807, 2.05) is 20.0 Å². The highest BCUT2D eigenvalue weighted by Gasteiger charge is 2.36. The van der Waals surface area contributed by atoms with E-state index < -0.39 is 12.4 Å². The minimum Gasteiger partial charge on any atom is -0.391 e. The fourth-order valence-electron chi connectivity index (χ4n) is 4.52. The first-order valence-corrected chi connectivity index (χ1v) is 13.1. The quantitative estimate of drug-likeness (QED) is 0.503. The molecule has 6 atom stereocenters. The van der Waals surface area contributed by atoms with Gasteiger partial charge in [0.2, 0.25) is 5.91 Å². The number of likely N-dealkylation sites (N-methyl/N-ethyl adjacent to an activating group) is 1. The van der Waals surface area contributed by atoms with E-state index in [4.69, 9.17) is 9.47 Å². The Bertz CT molecular complexity index is 787. The van der Waals surface area contributed by atoms with Crippen molar-refractivity contribution in [3.05, 3.63) is 59.8 Å². The molecule has 2 heterocycles. The molecule has 2 aliphatic rings. The molecule has 0 radical (unpaired) electrons. The van der Waals surface area contributed by atoms with Crippen molar-refractivity contribution in [2.75, 3.05) is 13.6 Å². The first-order valence-electron chi connectivity index (χ1n) is 13.1. The molecule has 35 heavy (non-hydrogen) atoms. The number of ether oxygens (including phenoxy) is 2. The van der Waals surface area contributed by atoms with Gasteiger partial charge in [0.05, 0.1) is 24.4 Å². The third-order valence-corrected chi connectivity index (χ3v) is 6.61. The molecule has 1 amide bonds. The van der Waals surface area contributed by atoms with Gasteiger partial charge in [0.15, 0.2) is 6.29 Å². The van der Waals surface area contributed by atoms with Crippen molar-refractivity contribution in [3.8, 4) is 0 Å². The average Bonchev–Trinajstić information content (AvgIpc) is 2.80. The maximum atomic E-state index is 12.0. The molecule has 6 nitrogen and oxygen atoms in total. The minimum absolute atomic E-state index is 0.0742. The lowest BCUT2D eigenvalue weighted by Gasteiger charge is -2.39. The molecule has 2 aliphatic heterocycles. The molecule has 0 aromatic heterocycles. The predicted octanol–water partition coefficient (Wildman–Crippen LogP) is 4.73. The van der Waals surface area contributed by atoms with Gasteiger partial charge < -0.3 is 25.2 Å². The van der Waals surface area contributed by atoms with Gasteiger partial charge in [-0.2, -0.15) is 0 Å². The summed E-state index contributed by atoms with van der Waals surface area (Å²) in [5.41, 5.74) is 2.62. The van der Waals surface area contributed by atoms with Crippen molar-refractivity contribution in [1.82, 2.24) is 10.6 Å². The van der Waals surface area contributed by atoms with E-state index in [-0.39, 0.29) is 30.1 Å². The van der Waals surface area contributed by atoms with Gasteiger partial charge >= 0.3 is 0 Å². The molecule has 1 saturated heterocycles. The van der Waals surface area contributed by atoms with Crippen LogP contribution < -0.4 is 10.6 Å². The average molecular weight is 487 g/mol. The second kappa shape index (κ2) is 15.9. The number of hydrogen-bond donors (Lipinski definition) is 3. The van der Waals surface area contributed by atoms with Gasteiger partial charge in [0, 0.05) is 25.0 Å². The standard InChI is InChI=1S/C29H46N2O4/c1-21-13-9-7-6-8-12-18-31-27(33)15-11-10-14-23(3)26(17-16-22(2)19-21)35-28-20-25(32)29(30-5)24(4)34-28/h7,9-11,13-16,23-26,28-30,32H,6,8,12,17-20H2,1-5H3,(H,31,33)/b9-7+,14-10+,15-11+,21-13+,22-16+/t23-,24+,25+,26-,28-,29+/m0/s1. The van der Waals surface area contributed by atoms with Gasteiger partial charge in [0.25, 0.3) is 0 Å². The number of carbonyl (C=O) groups excluding carboxylic acids is 1. The molecule has 2 rings (SSSR count). The molecule has 0 aromatic carbocycles. The summed E-state index contributed by atoms with van der Waals surface area (Å²) in [6.45, 7) is 9.07. The summed E-state index contributed by atoms with van der Waals surface area (Å²) in [6.07, 6.45) is 19.9. The van der Waals surface area contributed by atoms with Crippen molar-refractivity contribution in [2.45, 2.75) is 96.9 Å². The summed E-state index contributed by atoms with van der Waals surface area (Å²) in [5.74, 6) is 0.0184. The Hall–Kier alpha value is -1.99. The molecular formula is C29H46N2O4. The van der Waals surface area contributed by atoms with Crippen LogP contribution in [-0.4, -0.2) is 55.2 Å². The second-order valence-electron chi connectivity index (χ2n) is 9.86. The second-order valence-corrected chi connectivity index (χ2v) is 9.86. The summed E-state index contributed by atoms with van der Waals surface area (Å²) in [7, 11) is 1.84. The first-order chi connectivity index (χ1) is 16.8. The van der Waals surface area contributed by atoms with Crippen LogP contribution in [0.25, 0.3) is 0 Å². The van der Waals surface area contributed by atoms with Gasteiger partial charge in [0.1, 0.15) is 0 Å². The molecule has 196 valence electrons. The van der Waals surface area contributed by atoms with E-state index in [9.17, 15) is 9.90 Å². The van der Waals surface area contributed by atoms with Crippen molar-refractivity contribution >= 4 is 5.91 Å². The lowest BCUT2D eigenvalue weighted by atomic mass is 9.97. The summed E-state index contributed by atoms with van der Waals surface area (Å²) in [4.78, 5) is 12.0. The van der Waals surface area contributed by atoms with Crippen LogP contribution >= 0.6 is 0 Å². The Morgan fingerprint density at radius 2 is 1.94 bits per heavy atom. The maximum Gasteiger partial charge on any atom is 0.243 e. The number of nitrogens with one attached hydrogen (secondary N) is 2. The van der Waals surface area contributed by atoms with Gasteiger partial charge in [-0.05, 0) is 59.9 Å². The monoisotopic (exact) mass is 486 g/mol. The predicted molar refractivity (Wildman–Crippen MR) is 143 cm³/mol. The Labute approximate surface area is 212 Å². The minimum atomic E-state index is -0.522.